The Morgan fingerprint density at radius 3 is 0.730 bits per heavy atom. The van der Waals surface area contributed by atoms with Crippen molar-refractivity contribution in [3.63, 3.8) is 0 Å². The Morgan fingerprint density at radius 1 is 0.189 bits per heavy atom. The van der Waals surface area contributed by atoms with Gasteiger partial charge in [0.15, 0.2) is 34.9 Å². The Labute approximate surface area is 431 Å². The Bertz CT molecular complexity index is 3930. The van der Waals surface area contributed by atoms with Crippen LogP contribution in [0.3, 0.4) is 0 Å². The fourth-order valence-electron chi connectivity index (χ4n) is 9.47. The monoisotopic (exact) mass is 948 g/mol. The van der Waals surface area contributed by atoms with Gasteiger partial charge in [0.25, 0.3) is 0 Å². The molecular weight excluding hydrogens is 901 g/mol. The van der Waals surface area contributed by atoms with Gasteiger partial charge in [-0.25, -0.2) is 29.9 Å². The van der Waals surface area contributed by atoms with Crippen molar-refractivity contribution in [2.24, 2.45) is 0 Å². The number of aromatic nitrogens is 6. The van der Waals surface area contributed by atoms with E-state index in [1.165, 1.54) is 27.8 Å². The molecule has 0 N–H and O–H groups in total. The van der Waals surface area contributed by atoms with Gasteiger partial charge >= 0.3 is 0 Å². The number of benzene rings is 10. The minimum Gasteiger partial charge on any atom is -0.208 e. The second-order valence-corrected chi connectivity index (χ2v) is 18.5. The van der Waals surface area contributed by atoms with E-state index in [1.807, 2.05) is 91.0 Å². The van der Waals surface area contributed by atoms with E-state index in [2.05, 4.69) is 178 Å². The third-order valence-corrected chi connectivity index (χ3v) is 13.4. The fraction of sp³-hybridized carbons (Fsp3) is 0.0294. The molecule has 0 radical (unpaired) electrons. The third-order valence-electron chi connectivity index (χ3n) is 13.4. The average molecular weight is 949 g/mol. The van der Waals surface area contributed by atoms with E-state index in [9.17, 15) is 0 Å². The van der Waals surface area contributed by atoms with Crippen molar-refractivity contribution in [3.8, 4) is 124 Å². The lowest BCUT2D eigenvalue weighted by Crippen LogP contribution is -2.00. The molecule has 0 unspecified atom stereocenters. The highest BCUT2D eigenvalue weighted by atomic mass is 15.0. The zero-order chi connectivity index (χ0) is 49.8. The molecule has 0 aliphatic rings. The lowest BCUT2D eigenvalue weighted by molar-refractivity contribution is 1.07. The van der Waals surface area contributed by atoms with Crippen molar-refractivity contribution in [1.29, 1.82) is 0 Å². The summed E-state index contributed by atoms with van der Waals surface area (Å²) in [6, 6.07) is 88.5. The molecule has 0 spiro atoms. The molecule has 6 nitrogen and oxygen atoms in total. The van der Waals surface area contributed by atoms with Gasteiger partial charge in [-0.3, -0.25) is 0 Å². The van der Waals surface area contributed by atoms with Crippen LogP contribution in [-0.2, 0) is 0 Å². The molecule has 12 rings (SSSR count). The molecule has 350 valence electrons. The summed E-state index contributed by atoms with van der Waals surface area (Å²) in [7, 11) is 0. The molecule has 0 atom stereocenters. The summed E-state index contributed by atoms with van der Waals surface area (Å²) in [5.74, 6) is 3.68. The zero-order valence-electron chi connectivity index (χ0n) is 40.9. The second-order valence-electron chi connectivity index (χ2n) is 18.5. The summed E-state index contributed by atoms with van der Waals surface area (Å²) in [6.07, 6.45) is 0. The second kappa shape index (κ2) is 20.1. The van der Waals surface area contributed by atoms with Crippen LogP contribution in [0.15, 0.2) is 255 Å². The summed E-state index contributed by atoms with van der Waals surface area (Å²) in [5.41, 5.74) is 19.2. The van der Waals surface area contributed by atoms with Gasteiger partial charge in [0.2, 0.25) is 0 Å². The quantitative estimate of drug-likeness (QED) is 0.129. The van der Waals surface area contributed by atoms with Gasteiger partial charge in [-0.15, -0.1) is 0 Å². The van der Waals surface area contributed by atoms with Crippen LogP contribution in [0.4, 0.5) is 0 Å². The van der Waals surface area contributed by atoms with Gasteiger partial charge < -0.3 is 0 Å². The van der Waals surface area contributed by atoms with Crippen LogP contribution in [0.5, 0.6) is 0 Å². The van der Waals surface area contributed by atoms with Crippen molar-refractivity contribution in [2.45, 2.75) is 13.8 Å². The third kappa shape index (κ3) is 9.68. The van der Waals surface area contributed by atoms with Crippen LogP contribution in [0.25, 0.3) is 124 Å². The zero-order valence-corrected chi connectivity index (χ0v) is 40.9. The summed E-state index contributed by atoms with van der Waals surface area (Å²) < 4.78 is 0. The standard InChI is InChI=1S/C68H48N6/c1-45-36-37-46(2)62(38-45)58-32-14-28-54(41-58)50-24-12-25-51(39-50)56-30-16-34-60(43-56)67-72-65(49-22-10-5-11-23-49)73-68(74-67)61-35-17-31-57(44-61)53-27-13-26-52(40-53)55-29-15-33-59(42-55)66-70-63(47-18-6-3-7-19-47)69-64(71-66)48-20-8-4-9-21-48/h3-44H,1-2H3. The van der Waals surface area contributed by atoms with Crippen molar-refractivity contribution < 1.29 is 0 Å². The van der Waals surface area contributed by atoms with Gasteiger partial charge in [0.05, 0.1) is 0 Å². The molecular formula is C68H48N6. The van der Waals surface area contributed by atoms with Crippen LogP contribution < -0.4 is 0 Å². The van der Waals surface area contributed by atoms with Crippen LogP contribution in [0.2, 0.25) is 0 Å². The first-order valence-corrected chi connectivity index (χ1v) is 24.8. The SMILES string of the molecule is Cc1ccc(C)c(-c2cccc(-c3cccc(-c4cccc(-c5nc(-c6ccccc6)nc(-c6cccc(-c7cccc(-c8cccc(-c9nc(-c%10ccccc%10)nc(-c%10ccccc%10)n9)c8)c7)c6)n5)c4)c3)c2)c1. The van der Waals surface area contributed by atoms with E-state index in [1.54, 1.807) is 0 Å². The highest BCUT2D eigenvalue weighted by Crippen LogP contribution is 2.36. The van der Waals surface area contributed by atoms with Crippen molar-refractivity contribution in [3.05, 3.63) is 266 Å². The van der Waals surface area contributed by atoms with Gasteiger partial charge in [-0.05, 0) is 111 Å². The maximum Gasteiger partial charge on any atom is 0.164 e. The normalized spacial score (nSPS) is 11.1. The van der Waals surface area contributed by atoms with Crippen molar-refractivity contribution in [1.82, 2.24) is 29.9 Å². The molecule has 0 fully saturated rings. The Kier molecular flexibility index (Phi) is 12.4. The highest BCUT2D eigenvalue weighted by molar-refractivity contribution is 5.81. The highest BCUT2D eigenvalue weighted by Gasteiger charge is 2.17. The molecule has 0 saturated carbocycles. The number of aryl methyl sites for hydroxylation is 2. The fourth-order valence-corrected chi connectivity index (χ4v) is 9.47. The van der Waals surface area contributed by atoms with E-state index in [0.29, 0.717) is 34.9 Å². The lowest BCUT2D eigenvalue weighted by Gasteiger charge is -2.12. The van der Waals surface area contributed by atoms with Crippen LogP contribution in [-0.4, -0.2) is 29.9 Å². The Balaban J connectivity index is 0.869. The summed E-state index contributed by atoms with van der Waals surface area (Å²) in [4.78, 5) is 30.3. The van der Waals surface area contributed by atoms with Gasteiger partial charge in [0, 0.05) is 33.4 Å². The average Bonchev–Trinajstić information content (AvgIpc) is 3.48. The Hall–Kier alpha value is -9.78. The first-order chi connectivity index (χ1) is 36.4. The molecule has 0 aliphatic heterocycles. The summed E-state index contributed by atoms with van der Waals surface area (Å²) in [5, 5.41) is 0. The van der Waals surface area contributed by atoms with Crippen LogP contribution >= 0.6 is 0 Å². The van der Waals surface area contributed by atoms with Gasteiger partial charge in [0.1, 0.15) is 0 Å². The molecule has 6 heteroatoms. The summed E-state index contributed by atoms with van der Waals surface area (Å²) in [6.45, 7) is 4.32. The molecule has 74 heavy (non-hydrogen) atoms. The number of nitrogens with zero attached hydrogens (tertiary/aromatic N) is 6. The molecule has 12 aromatic rings. The Morgan fingerprint density at radius 2 is 0.419 bits per heavy atom. The molecule has 0 bridgehead atoms. The molecule has 0 aliphatic carbocycles. The van der Waals surface area contributed by atoms with Crippen LogP contribution in [0.1, 0.15) is 11.1 Å². The van der Waals surface area contributed by atoms with E-state index < -0.39 is 0 Å². The van der Waals surface area contributed by atoms with E-state index in [4.69, 9.17) is 29.9 Å². The minimum absolute atomic E-state index is 0.595. The molecule has 0 amide bonds. The maximum absolute atomic E-state index is 5.20. The van der Waals surface area contributed by atoms with Gasteiger partial charge in [-0.2, -0.15) is 0 Å². The van der Waals surface area contributed by atoms with E-state index in [-0.39, 0.29) is 0 Å². The molecule has 0 saturated heterocycles. The van der Waals surface area contributed by atoms with E-state index in [0.717, 1.165) is 72.3 Å². The predicted octanol–water partition coefficient (Wildman–Crippen LogP) is 17.0. The lowest BCUT2D eigenvalue weighted by atomic mass is 9.94. The first-order valence-electron chi connectivity index (χ1n) is 24.8. The summed E-state index contributed by atoms with van der Waals surface area (Å²) >= 11 is 0. The molecule has 2 aromatic heterocycles. The van der Waals surface area contributed by atoms with Crippen molar-refractivity contribution in [2.75, 3.05) is 0 Å². The molecule has 10 aromatic carbocycles. The predicted molar refractivity (Wildman–Crippen MR) is 302 cm³/mol. The maximum atomic E-state index is 5.20. The molecule has 2 heterocycles. The van der Waals surface area contributed by atoms with Crippen molar-refractivity contribution >= 4 is 0 Å². The van der Waals surface area contributed by atoms with Gasteiger partial charge in [-0.1, -0.05) is 224 Å². The minimum atomic E-state index is 0.595. The number of rotatable bonds is 11. The topological polar surface area (TPSA) is 77.3 Å². The number of hydrogen-bond donors (Lipinski definition) is 0. The van der Waals surface area contributed by atoms with E-state index >= 15 is 0 Å². The number of hydrogen-bond acceptors (Lipinski definition) is 6. The smallest absolute Gasteiger partial charge is 0.164 e. The largest absolute Gasteiger partial charge is 0.208 e. The van der Waals surface area contributed by atoms with Crippen LogP contribution in [0, 0.1) is 13.8 Å². The first kappa shape index (κ1) is 45.4.